The third-order valence-corrected chi connectivity index (χ3v) is 4.08. The van der Waals surface area contributed by atoms with Crippen molar-refractivity contribution < 1.29 is 14.3 Å². The number of phenols is 1. The molecule has 0 spiro atoms. The Balaban J connectivity index is 1.69. The molecule has 25 heavy (non-hydrogen) atoms. The molecular formula is C18H12Cl2N2O3. The number of nitrogens with one attached hydrogen (secondary N) is 1. The topological polar surface area (TPSA) is 74.8 Å². The lowest BCUT2D eigenvalue weighted by molar-refractivity contribution is 0.0952. The third kappa shape index (κ3) is 4.02. The first-order valence-electron chi connectivity index (χ1n) is 7.21. The fourth-order valence-electron chi connectivity index (χ4n) is 2.11. The van der Waals surface area contributed by atoms with Gasteiger partial charge in [0.2, 0.25) is 0 Å². The largest absolute Gasteiger partial charge is 0.507 e. The second kappa shape index (κ2) is 7.42. The van der Waals surface area contributed by atoms with E-state index in [1.54, 1.807) is 42.5 Å². The zero-order valence-electron chi connectivity index (χ0n) is 12.7. The van der Waals surface area contributed by atoms with Gasteiger partial charge in [0.1, 0.15) is 17.3 Å². The van der Waals surface area contributed by atoms with Gasteiger partial charge in [-0.1, -0.05) is 35.3 Å². The van der Waals surface area contributed by atoms with Gasteiger partial charge in [0.05, 0.1) is 21.8 Å². The van der Waals surface area contributed by atoms with Crippen molar-refractivity contribution in [2.45, 2.75) is 0 Å². The predicted octanol–water partition coefficient (Wildman–Crippen LogP) is 4.72. The van der Waals surface area contributed by atoms with Gasteiger partial charge in [-0.2, -0.15) is 5.10 Å². The smallest absolute Gasteiger partial charge is 0.275 e. The minimum Gasteiger partial charge on any atom is -0.507 e. The van der Waals surface area contributed by atoms with Gasteiger partial charge >= 0.3 is 0 Å². The van der Waals surface area contributed by atoms with Crippen molar-refractivity contribution in [1.82, 2.24) is 5.43 Å². The zero-order valence-corrected chi connectivity index (χ0v) is 14.3. The number of hydrazone groups is 1. The number of nitrogens with zero attached hydrogens (tertiary/aromatic N) is 1. The Bertz CT molecular complexity index is 951. The van der Waals surface area contributed by atoms with E-state index in [1.165, 1.54) is 18.3 Å². The number of carbonyl (C=O) groups excluding carboxylic acids is 1. The molecule has 7 heteroatoms. The highest BCUT2D eigenvalue weighted by atomic mass is 35.5. The van der Waals surface area contributed by atoms with E-state index in [0.717, 1.165) is 5.56 Å². The van der Waals surface area contributed by atoms with E-state index < -0.39 is 5.91 Å². The number of carbonyl (C=O) groups is 1. The van der Waals surface area contributed by atoms with Crippen LogP contribution in [0.3, 0.4) is 0 Å². The molecular weight excluding hydrogens is 363 g/mol. The van der Waals surface area contributed by atoms with Crippen LogP contribution in [-0.4, -0.2) is 17.2 Å². The first kappa shape index (κ1) is 17.1. The Morgan fingerprint density at radius 1 is 1.08 bits per heavy atom. The summed E-state index contributed by atoms with van der Waals surface area (Å²) in [4.78, 5) is 11.9. The van der Waals surface area contributed by atoms with E-state index in [0.29, 0.717) is 21.6 Å². The molecule has 0 bridgehead atoms. The monoisotopic (exact) mass is 374 g/mol. The summed E-state index contributed by atoms with van der Waals surface area (Å²) in [5, 5.41) is 14.3. The number of amides is 1. The van der Waals surface area contributed by atoms with Crippen molar-refractivity contribution in [2.24, 2.45) is 5.10 Å². The molecule has 1 aromatic heterocycles. The van der Waals surface area contributed by atoms with Crippen LogP contribution in [0, 0.1) is 0 Å². The first-order chi connectivity index (χ1) is 12.0. The summed E-state index contributed by atoms with van der Waals surface area (Å²) < 4.78 is 5.62. The molecule has 5 nitrogen and oxygen atoms in total. The van der Waals surface area contributed by atoms with Crippen LogP contribution in [0.4, 0.5) is 0 Å². The second-order valence-electron chi connectivity index (χ2n) is 5.05. The molecule has 3 rings (SSSR count). The van der Waals surface area contributed by atoms with E-state index in [4.69, 9.17) is 27.6 Å². The molecule has 0 saturated heterocycles. The average molecular weight is 375 g/mol. The number of rotatable bonds is 4. The lowest BCUT2D eigenvalue weighted by atomic mass is 10.2. The number of aromatic hydroxyl groups is 1. The lowest BCUT2D eigenvalue weighted by Crippen LogP contribution is -2.17. The quantitative estimate of drug-likeness (QED) is 0.512. The van der Waals surface area contributed by atoms with Crippen LogP contribution in [-0.2, 0) is 0 Å². The Labute approximate surface area is 153 Å². The van der Waals surface area contributed by atoms with Crippen molar-refractivity contribution in [3.8, 4) is 17.1 Å². The van der Waals surface area contributed by atoms with Crippen LogP contribution in [0.2, 0.25) is 10.0 Å². The minimum absolute atomic E-state index is 0.116. The molecule has 3 aromatic rings. The summed E-state index contributed by atoms with van der Waals surface area (Å²) in [6.07, 6.45) is 1.36. The molecule has 0 saturated carbocycles. The Morgan fingerprint density at radius 2 is 1.88 bits per heavy atom. The number of hydrogen-bond acceptors (Lipinski definition) is 4. The van der Waals surface area contributed by atoms with Gasteiger partial charge in [-0.05, 0) is 42.5 Å². The first-order valence-corrected chi connectivity index (χ1v) is 7.97. The summed E-state index contributed by atoms with van der Waals surface area (Å²) in [5.74, 6) is 0.395. The highest BCUT2D eigenvalue weighted by molar-refractivity contribution is 6.42. The summed E-state index contributed by atoms with van der Waals surface area (Å²) in [7, 11) is 0. The maximum Gasteiger partial charge on any atom is 0.275 e. The van der Waals surface area contributed by atoms with E-state index >= 15 is 0 Å². The number of benzene rings is 2. The molecule has 0 aliphatic rings. The van der Waals surface area contributed by atoms with Gasteiger partial charge in [0, 0.05) is 5.56 Å². The van der Waals surface area contributed by atoms with Gasteiger partial charge in [-0.25, -0.2) is 5.43 Å². The molecule has 0 aliphatic carbocycles. The molecule has 126 valence electrons. The van der Waals surface area contributed by atoms with E-state index in [-0.39, 0.29) is 11.3 Å². The van der Waals surface area contributed by atoms with Crippen LogP contribution >= 0.6 is 23.2 Å². The molecule has 1 heterocycles. The molecule has 0 radical (unpaired) electrons. The minimum atomic E-state index is -0.523. The number of hydrogen-bond donors (Lipinski definition) is 2. The van der Waals surface area contributed by atoms with Gasteiger partial charge < -0.3 is 9.52 Å². The van der Waals surface area contributed by atoms with Gasteiger partial charge in [0.25, 0.3) is 5.91 Å². The van der Waals surface area contributed by atoms with Crippen LogP contribution in [0.25, 0.3) is 11.3 Å². The highest BCUT2D eigenvalue weighted by Crippen LogP contribution is 2.29. The highest BCUT2D eigenvalue weighted by Gasteiger charge is 2.09. The Hall–Kier alpha value is -2.76. The molecule has 0 unspecified atom stereocenters. The van der Waals surface area contributed by atoms with Crippen molar-refractivity contribution >= 4 is 35.3 Å². The third-order valence-electron chi connectivity index (χ3n) is 3.34. The second-order valence-corrected chi connectivity index (χ2v) is 5.86. The Kier molecular flexibility index (Phi) is 5.07. The maximum atomic E-state index is 11.9. The molecule has 1 amide bonds. The van der Waals surface area contributed by atoms with Crippen molar-refractivity contribution in [3.63, 3.8) is 0 Å². The van der Waals surface area contributed by atoms with Crippen LogP contribution in [0.5, 0.6) is 5.75 Å². The maximum absolute atomic E-state index is 11.9. The van der Waals surface area contributed by atoms with Crippen LogP contribution in [0.15, 0.2) is 64.1 Å². The number of phenolic OH excluding ortho intramolecular Hbond substituents is 1. The fraction of sp³-hybridized carbons (Fsp3) is 0. The summed E-state index contributed by atoms with van der Waals surface area (Å²) >= 11 is 11.9. The summed E-state index contributed by atoms with van der Waals surface area (Å²) in [6, 6.07) is 14.8. The summed E-state index contributed by atoms with van der Waals surface area (Å²) in [6.45, 7) is 0. The van der Waals surface area contributed by atoms with Gasteiger partial charge in [-0.15, -0.1) is 0 Å². The number of para-hydroxylation sites is 1. The molecule has 0 atom stereocenters. The molecule has 2 N–H and O–H groups in total. The van der Waals surface area contributed by atoms with Gasteiger partial charge in [0.15, 0.2) is 0 Å². The summed E-state index contributed by atoms with van der Waals surface area (Å²) in [5.41, 5.74) is 3.23. The van der Waals surface area contributed by atoms with Crippen molar-refractivity contribution in [1.29, 1.82) is 0 Å². The van der Waals surface area contributed by atoms with Gasteiger partial charge in [-0.3, -0.25) is 4.79 Å². The number of furan rings is 1. The average Bonchev–Trinajstić information content (AvgIpc) is 3.06. The SMILES string of the molecule is O=C(N/N=C\c1ccc(-c2ccc(Cl)c(Cl)c2)o1)c1ccccc1O. The molecule has 2 aromatic carbocycles. The van der Waals surface area contributed by atoms with Crippen molar-refractivity contribution in [2.75, 3.05) is 0 Å². The van der Waals surface area contributed by atoms with E-state index in [1.807, 2.05) is 0 Å². The van der Waals surface area contributed by atoms with Crippen LogP contribution < -0.4 is 5.43 Å². The number of halogens is 2. The molecule has 0 aliphatic heterocycles. The molecule has 0 fully saturated rings. The Morgan fingerprint density at radius 3 is 2.64 bits per heavy atom. The normalized spacial score (nSPS) is 11.0. The zero-order chi connectivity index (χ0) is 17.8. The standard InChI is InChI=1S/C18H12Cl2N2O3/c19-14-7-5-11(9-15(14)20)17-8-6-12(25-17)10-21-22-18(24)13-3-1-2-4-16(13)23/h1-10,23H,(H,22,24)/b21-10-. The van der Waals surface area contributed by atoms with Crippen molar-refractivity contribution in [3.05, 3.63) is 76.0 Å². The predicted molar refractivity (Wildman–Crippen MR) is 97.3 cm³/mol. The fourth-order valence-corrected chi connectivity index (χ4v) is 2.41. The lowest BCUT2D eigenvalue weighted by Gasteiger charge is -2.01. The van der Waals surface area contributed by atoms with E-state index in [2.05, 4.69) is 10.5 Å². The van der Waals surface area contributed by atoms with E-state index in [9.17, 15) is 9.90 Å². The van der Waals surface area contributed by atoms with Crippen LogP contribution in [0.1, 0.15) is 16.1 Å².